The third kappa shape index (κ3) is 3.53. The number of thioether (sulfide) groups is 1. The highest BCUT2D eigenvalue weighted by Crippen LogP contribution is 2.26. The minimum absolute atomic E-state index is 0.0756. The molecule has 0 radical (unpaired) electrons. The summed E-state index contributed by atoms with van der Waals surface area (Å²) in [5, 5.41) is 0.0969. The lowest BCUT2D eigenvalue weighted by atomic mass is 10.1. The zero-order valence-electron chi connectivity index (χ0n) is 11.3. The molecule has 2 rings (SSSR count). The largest absolute Gasteiger partial charge is 0.296 e. The lowest BCUT2D eigenvalue weighted by Gasteiger charge is -2.16. The summed E-state index contributed by atoms with van der Waals surface area (Å²) in [5.74, 6) is 2.33. The van der Waals surface area contributed by atoms with Crippen LogP contribution in [0.5, 0.6) is 0 Å². The molecule has 0 aromatic carbocycles. The second-order valence-electron chi connectivity index (χ2n) is 4.79. The Balaban J connectivity index is 2.09. The quantitative estimate of drug-likeness (QED) is 0.843. The maximum absolute atomic E-state index is 12.0. The van der Waals surface area contributed by atoms with E-state index < -0.39 is 0 Å². The number of nitrogens with zero attached hydrogens (tertiary/aromatic N) is 3. The fraction of sp³-hybridized carbons (Fsp3) is 0.538. The lowest BCUT2D eigenvalue weighted by Crippen LogP contribution is -2.26. The minimum Gasteiger partial charge on any atom is -0.296 e. The van der Waals surface area contributed by atoms with Gasteiger partial charge < -0.3 is 0 Å². The van der Waals surface area contributed by atoms with Crippen LogP contribution < -0.4 is 4.90 Å². The van der Waals surface area contributed by atoms with E-state index in [0.717, 1.165) is 5.69 Å². The fourth-order valence-electron chi connectivity index (χ4n) is 2.19. The van der Waals surface area contributed by atoms with Crippen LogP contribution in [0.4, 0.5) is 5.82 Å². The molecule has 1 aliphatic heterocycles. The first-order chi connectivity index (χ1) is 8.95. The summed E-state index contributed by atoms with van der Waals surface area (Å²) in [7, 11) is 0. The Hall–Kier alpha value is -1.43. The van der Waals surface area contributed by atoms with Crippen molar-refractivity contribution in [3.63, 3.8) is 0 Å². The second-order valence-corrected chi connectivity index (χ2v) is 5.99. The molecule has 0 bridgehead atoms. The molecule has 2 heterocycles. The van der Waals surface area contributed by atoms with Gasteiger partial charge in [-0.3, -0.25) is 14.5 Å². The third-order valence-electron chi connectivity index (χ3n) is 2.96. The van der Waals surface area contributed by atoms with Crippen LogP contribution in [0.2, 0.25) is 0 Å². The molecule has 1 fully saturated rings. The van der Waals surface area contributed by atoms with Gasteiger partial charge in [0, 0.05) is 37.4 Å². The van der Waals surface area contributed by atoms with Gasteiger partial charge in [-0.05, 0) is 19.8 Å². The number of carbonyl (C=O) groups excluding carboxylic acids is 2. The molecule has 0 spiro atoms. The molecule has 1 unspecified atom stereocenters. The highest BCUT2D eigenvalue weighted by Gasteiger charge is 2.31. The van der Waals surface area contributed by atoms with Crippen molar-refractivity contribution in [2.45, 2.75) is 27.2 Å². The van der Waals surface area contributed by atoms with Gasteiger partial charge in [-0.25, -0.2) is 9.97 Å². The van der Waals surface area contributed by atoms with Gasteiger partial charge in [0.05, 0.1) is 0 Å². The van der Waals surface area contributed by atoms with E-state index in [2.05, 4.69) is 9.97 Å². The van der Waals surface area contributed by atoms with E-state index in [-0.39, 0.29) is 16.9 Å². The number of rotatable bonds is 3. The molecule has 1 amide bonds. The molecule has 0 saturated carbocycles. The van der Waals surface area contributed by atoms with Crippen LogP contribution in [-0.4, -0.2) is 33.3 Å². The van der Waals surface area contributed by atoms with Crippen LogP contribution in [0.25, 0.3) is 0 Å². The van der Waals surface area contributed by atoms with Crippen LogP contribution in [0.15, 0.2) is 6.07 Å². The number of aromatic nitrogens is 2. The van der Waals surface area contributed by atoms with Crippen molar-refractivity contribution < 1.29 is 9.59 Å². The van der Waals surface area contributed by atoms with Gasteiger partial charge in [-0.2, -0.15) is 0 Å². The van der Waals surface area contributed by atoms with Gasteiger partial charge in [-0.15, -0.1) is 0 Å². The Bertz CT molecular complexity index is 498. The summed E-state index contributed by atoms with van der Waals surface area (Å²) in [4.78, 5) is 33.2. The van der Waals surface area contributed by atoms with Crippen molar-refractivity contribution in [1.29, 1.82) is 0 Å². The molecule has 0 N–H and O–H groups in total. The van der Waals surface area contributed by atoms with Gasteiger partial charge in [-0.1, -0.05) is 11.8 Å². The van der Waals surface area contributed by atoms with Gasteiger partial charge in [0.2, 0.25) is 5.91 Å². The van der Waals surface area contributed by atoms with Crippen molar-refractivity contribution >= 4 is 28.6 Å². The van der Waals surface area contributed by atoms with Crippen LogP contribution in [0.1, 0.15) is 24.9 Å². The molecule has 1 atom stereocenters. The Kier molecular flexibility index (Phi) is 4.19. The van der Waals surface area contributed by atoms with E-state index in [9.17, 15) is 9.59 Å². The summed E-state index contributed by atoms with van der Waals surface area (Å²) in [6.45, 7) is 5.90. The van der Waals surface area contributed by atoms with Gasteiger partial charge in [0.25, 0.3) is 0 Å². The topological polar surface area (TPSA) is 63.2 Å². The zero-order chi connectivity index (χ0) is 14.0. The number of carbonyl (C=O) groups is 2. The molecule has 1 aromatic heterocycles. The normalized spacial score (nSPS) is 19.0. The van der Waals surface area contributed by atoms with E-state index in [0.29, 0.717) is 30.4 Å². The Morgan fingerprint density at radius 2 is 2.21 bits per heavy atom. The SMILES string of the molecule is CC(=O)SCC1CC(=O)N(c2cc(C)nc(C)n2)C1. The lowest BCUT2D eigenvalue weighted by molar-refractivity contribution is -0.117. The maximum atomic E-state index is 12.0. The van der Waals surface area contributed by atoms with E-state index in [1.165, 1.54) is 11.8 Å². The molecule has 6 heteroatoms. The fourth-order valence-corrected chi connectivity index (χ4v) is 2.88. The number of hydrogen-bond donors (Lipinski definition) is 0. The molecule has 1 aliphatic rings. The number of aryl methyl sites for hydroxylation is 2. The predicted molar refractivity (Wildman–Crippen MR) is 75.1 cm³/mol. The standard InChI is InChI=1S/C13H17N3O2S/c1-8-4-12(15-9(2)14-8)16-6-11(5-13(16)18)7-19-10(3)17/h4,11H,5-7H2,1-3H3. The Labute approximate surface area is 116 Å². The highest BCUT2D eigenvalue weighted by molar-refractivity contribution is 8.13. The van der Waals surface area contributed by atoms with Gasteiger partial charge >= 0.3 is 0 Å². The molecule has 5 nitrogen and oxygen atoms in total. The molecular weight excluding hydrogens is 262 g/mol. The molecule has 19 heavy (non-hydrogen) atoms. The molecule has 0 aliphatic carbocycles. The van der Waals surface area contributed by atoms with Crippen LogP contribution >= 0.6 is 11.8 Å². The van der Waals surface area contributed by atoms with Gasteiger partial charge in [0.1, 0.15) is 11.6 Å². The molecular formula is C13H17N3O2S. The smallest absolute Gasteiger partial charge is 0.228 e. The minimum atomic E-state index is 0.0756. The van der Waals surface area contributed by atoms with Crippen molar-refractivity contribution in [1.82, 2.24) is 9.97 Å². The summed E-state index contributed by atoms with van der Waals surface area (Å²) in [6.07, 6.45) is 0.488. The summed E-state index contributed by atoms with van der Waals surface area (Å²) in [6, 6.07) is 1.82. The molecule has 102 valence electrons. The monoisotopic (exact) mass is 279 g/mol. The van der Waals surface area contributed by atoms with E-state index in [1.54, 1.807) is 11.8 Å². The van der Waals surface area contributed by atoms with Gasteiger partial charge in [0.15, 0.2) is 5.12 Å². The second kappa shape index (κ2) is 5.69. The first-order valence-electron chi connectivity index (χ1n) is 6.21. The molecule has 1 saturated heterocycles. The van der Waals surface area contributed by atoms with Crippen molar-refractivity contribution in [2.24, 2.45) is 5.92 Å². The third-order valence-corrected chi connectivity index (χ3v) is 4.00. The average Bonchev–Trinajstić information content (AvgIpc) is 2.66. The van der Waals surface area contributed by atoms with Crippen LogP contribution in [0.3, 0.4) is 0 Å². The Morgan fingerprint density at radius 1 is 1.47 bits per heavy atom. The van der Waals surface area contributed by atoms with E-state index in [4.69, 9.17) is 0 Å². The number of hydrogen-bond acceptors (Lipinski definition) is 5. The average molecular weight is 279 g/mol. The molecule has 1 aromatic rings. The van der Waals surface area contributed by atoms with Crippen molar-refractivity contribution in [3.05, 3.63) is 17.6 Å². The highest BCUT2D eigenvalue weighted by atomic mass is 32.2. The maximum Gasteiger partial charge on any atom is 0.228 e. The van der Waals surface area contributed by atoms with Crippen molar-refractivity contribution in [3.8, 4) is 0 Å². The first-order valence-corrected chi connectivity index (χ1v) is 7.20. The van der Waals surface area contributed by atoms with E-state index in [1.807, 2.05) is 19.9 Å². The zero-order valence-corrected chi connectivity index (χ0v) is 12.2. The van der Waals surface area contributed by atoms with Crippen molar-refractivity contribution in [2.75, 3.05) is 17.2 Å². The van der Waals surface area contributed by atoms with Crippen LogP contribution in [0, 0.1) is 19.8 Å². The van der Waals surface area contributed by atoms with E-state index >= 15 is 0 Å². The Morgan fingerprint density at radius 3 is 2.84 bits per heavy atom. The summed E-state index contributed by atoms with van der Waals surface area (Å²) in [5.41, 5.74) is 0.858. The first kappa shape index (κ1) is 14.0. The summed E-state index contributed by atoms with van der Waals surface area (Å²) < 4.78 is 0. The number of amides is 1. The number of anilines is 1. The van der Waals surface area contributed by atoms with Crippen LogP contribution in [-0.2, 0) is 9.59 Å². The summed E-state index contributed by atoms with van der Waals surface area (Å²) >= 11 is 1.28. The predicted octanol–water partition coefficient (Wildman–Crippen LogP) is 1.73.